The fraction of sp³-hybridized carbons (Fsp3) is 0.360. The second-order valence-corrected chi connectivity index (χ2v) is 9.89. The van der Waals surface area contributed by atoms with E-state index < -0.39 is 0 Å². The predicted octanol–water partition coefficient (Wildman–Crippen LogP) is 3.57. The molecule has 3 aromatic heterocycles. The van der Waals surface area contributed by atoms with Gasteiger partial charge in [-0.2, -0.15) is 4.52 Å². The average molecular weight is 544 g/mol. The number of rotatable bonds is 7. The van der Waals surface area contributed by atoms with Crippen molar-refractivity contribution in [3.05, 3.63) is 53.3 Å². The van der Waals surface area contributed by atoms with E-state index in [4.69, 9.17) is 26.7 Å². The van der Waals surface area contributed by atoms with Gasteiger partial charge in [-0.1, -0.05) is 6.92 Å². The molecule has 1 amide bonds. The molecular weight excluding hydrogens is 517 g/mol. The number of piperazine rings is 1. The van der Waals surface area contributed by atoms with Gasteiger partial charge in [0.25, 0.3) is 0 Å². The summed E-state index contributed by atoms with van der Waals surface area (Å²) in [6.07, 6.45) is 0.709. The van der Waals surface area contributed by atoms with Crippen molar-refractivity contribution in [3.8, 4) is 11.3 Å². The van der Waals surface area contributed by atoms with Crippen LogP contribution in [0.25, 0.3) is 16.9 Å². The molecule has 0 radical (unpaired) electrons. The smallest absolute Gasteiger partial charge is 0.237 e. The molecule has 4 aromatic rings. The molecule has 1 aromatic carbocycles. The Morgan fingerprint density at radius 2 is 2.00 bits per heavy atom. The van der Waals surface area contributed by atoms with Gasteiger partial charge >= 0.3 is 0 Å². The third kappa shape index (κ3) is 4.86. The number of carbonyl (C=O) groups excluding carboxylic acids is 1. The summed E-state index contributed by atoms with van der Waals surface area (Å²) in [6.45, 7) is 3.38. The van der Waals surface area contributed by atoms with Crippen molar-refractivity contribution in [1.82, 2.24) is 24.5 Å². The van der Waals surface area contributed by atoms with Crippen LogP contribution in [0.2, 0.25) is 0 Å². The van der Waals surface area contributed by atoms with E-state index in [1.54, 1.807) is 17.0 Å². The standard InChI is InChI=1S/C25H27ClFN7O2S/c1-3-19-24(31(2)25-29-20(15-37-25)16-4-6-17(27)7-5-16)34-21(28-19)8-9-22(30-34)32-10-11-33(23(36)12-26)18(13-32)14-35/h4-9,15,18,35H,3,10-14H2,1-2H3. The van der Waals surface area contributed by atoms with Crippen molar-refractivity contribution in [3.63, 3.8) is 0 Å². The lowest BCUT2D eigenvalue weighted by molar-refractivity contribution is -0.132. The number of thiazole rings is 1. The van der Waals surface area contributed by atoms with Crippen molar-refractivity contribution >= 4 is 51.3 Å². The van der Waals surface area contributed by atoms with Crippen LogP contribution in [0.15, 0.2) is 41.8 Å². The van der Waals surface area contributed by atoms with Gasteiger partial charge < -0.3 is 19.8 Å². The maximum Gasteiger partial charge on any atom is 0.237 e. The topological polar surface area (TPSA) is 90.1 Å². The minimum atomic E-state index is -0.353. The SMILES string of the molecule is CCc1nc2ccc(N3CCN(C(=O)CCl)C(CO)C3)nn2c1N(C)c1nc(-c2ccc(F)cc2)cs1. The van der Waals surface area contributed by atoms with E-state index in [0.29, 0.717) is 31.7 Å². The van der Waals surface area contributed by atoms with Gasteiger partial charge in [-0.3, -0.25) is 4.79 Å². The molecule has 1 aliphatic rings. The molecule has 0 saturated carbocycles. The molecule has 1 saturated heterocycles. The molecule has 1 unspecified atom stereocenters. The number of aliphatic hydroxyl groups excluding tert-OH is 1. The third-order valence-electron chi connectivity index (χ3n) is 6.53. The van der Waals surface area contributed by atoms with Gasteiger partial charge in [0.2, 0.25) is 5.91 Å². The van der Waals surface area contributed by atoms with E-state index >= 15 is 0 Å². The first-order valence-corrected chi connectivity index (χ1v) is 13.4. The first kappa shape index (κ1) is 25.4. The summed E-state index contributed by atoms with van der Waals surface area (Å²) in [5.41, 5.74) is 3.22. The molecule has 37 heavy (non-hydrogen) atoms. The highest BCUT2D eigenvalue weighted by molar-refractivity contribution is 7.14. The number of aryl methyl sites for hydroxylation is 1. The van der Waals surface area contributed by atoms with E-state index in [1.165, 1.54) is 23.5 Å². The van der Waals surface area contributed by atoms with Gasteiger partial charge in [0.15, 0.2) is 16.6 Å². The van der Waals surface area contributed by atoms with E-state index in [9.17, 15) is 14.3 Å². The molecule has 1 atom stereocenters. The lowest BCUT2D eigenvalue weighted by Gasteiger charge is -2.40. The molecule has 5 rings (SSSR count). The number of nitrogens with zero attached hydrogens (tertiary/aromatic N) is 7. The summed E-state index contributed by atoms with van der Waals surface area (Å²) in [6, 6.07) is 9.77. The summed E-state index contributed by atoms with van der Waals surface area (Å²) < 4.78 is 15.2. The van der Waals surface area contributed by atoms with Crippen LogP contribution < -0.4 is 9.80 Å². The van der Waals surface area contributed by atoms with Crippen LogP contribution in [0.4, 0.5) is 21.2 Å². The highest BCUT2D eigenvalue weighted by Gasteiger charge is 2.30. The van der Waals surface area contributed by atoms with Gasteiger partial charge in [0.1, 0.15) is 17.5 Å². The van der Waals surface area contributed by atoms with Crippen LogP contribution >= 0.6 is 22.9 Å². The average Bonchev–Trinajstić information content (AvgIpc) is 3.57. The summed E-state index contributed by atoms with van der Waals surface area (Å²) in [7, 11) is 1.93. The number of imidazole rings is 1. The molecule has 1 N–H and O–H groups in total. The molecule has 0 aliphatic carbocycles. The van der Waals surface area contributed by atoms with Gasteiger partial charge in [-0.15, -0.1) is 28.0 Å². The first-order chi connectivity index (χ1) is 17.9. The molecule has 0 bridgehead atoms. The number of anilines is 3. The number of carbonyl (C=O) groups is 1. The molecule has 12 heteroatoms. The normalized spacial score (nSPS) is 16.0. The molecule has 0 spiro atoms. The molecule has 4 heterocycles. The quantitative estimate of drug-likeness (QED) is 0.356. The van der Waals surface area contributed by atoms with Crippen molar-refractivity contribution in [1.29, 1.82) is 0 Å². The highest BCUT2D eigenvalue weighted by atomic mass is 35.5. The number of benzene rings is 1. The van der Waals surface area contributed by atoms with Gasteiger partial charge in [-0.05, 0) is 42.8 Å². The second-order valence-electron chi connectivity index (χ2n) is 8.78. The van der Waals surface area contributed by atoms with Crippen molar-refractivity contribution in [2.24, 2.45) is 0 Å². The second kappa shape index (κ2) is 10.6. The Hall–Kier alpha value is -3.28. The summed E-state index contributed by atoms with van der Waals surface area (Å²) >= 11 is 7.24. The van der Waals surface area contributed by atoms with Gasteiger partial charge in [0, 0.05) is 37.6 Å². The Morgan fingerprint density at radius 3 is 2.70 bits per heavy atom. The summed E-state index contributed by atoms with van der Waals surface area (Å²) in [5, 5.41) is 17.5. The van der Waals surface area contributed by atoms with E-state index in [0.717, 1.165) is 33.7 Å². The van der Waals surface area contributed by atoms with Crippen molar-refractivity contribution < 1.29 is 14.3 Å². The fourth-order valence-electron chi connectivity index (χ4n) is 4.59. The van der Waals surface area contributed by atoms with E-state index in [1.807, 2.05) is 40.9 Å². The zero-order chi connectivity index (χ0) is 26.1. The van der Waals surface area contributed by atoms with E-state index in [-0.39, 0.29) is 30.3 Å². The number of halogens is 2. The third-order valence-corrected chi connectivity index (χ3v) is 7.68. The van der Waals surface area contributed by atoms with Crippen LogP contribution in [0.5, 0.6) is 0 Å². The van der Waals surface area contributed by atoms with Gasteiger partial charge in [-0.25, -0.2) is 14.4 Å². The lowest BCUT2D eigenvalue weighted by atomic mass is 10.1. The zero-order valence-electron chi connectivity index (χ0n) is 20.5. The maximum atomic E-state index is 13.4. The van der Waals surface area contributed by atoms with Crippen molar-refractivity contribution in [2.45, 2.75) is 19.4 Å². The minimum absolute atomic E-state index is 0.106. The lowest BCUT2D eigenvalue weighted by Crippen LogP contribution is -2.57. The zero-order valence-corrected chi connectivity index (χ0v) is 22.1. The summed E-state index contributed by atoms with van der Waals surface area (Å²) in [5.74, 6) is 0.969. The van der Waals surface area contributed by atoms with Crippen LogP contribution in [-0.4, -0.2) is 80.7 Å². The van der Waals surface area contributed by atoms with Crippen LogP contribution in [0.3, 0.4) is 0 Å². The number of fused-ring (bicyclic) bond motifs is 1. The largest absolute Gasteiger partial charge is 0.394 e. The molecule has 9 nitrogen and oxygen atoms in total. The molecular formula is C25H27ClFN7O2S. The Bertz CT molecular complexity index is 1410. The number of aliphatic hydroxyl groups is 1. The Kier molecular flexibility index (Phi) is 7.27. The Labute approximate surface area is 222 Å². The van der Waals surface area contributed by atoms with Crippen LogP contribution in [0, 0.1) is 5.82 Å². The number of alkyl halides is 1. The minimum Gasteiger partial charge on any atom is -0.394 e. The van der Waals surface area contributed by atoms with Crippen LogP contribution in [0.1, 0.15) is 12.6 Å². The summed E-state index contributed by atoms with van der Waals surface area (Å²) in [4.78, 5) is 27.4. The molecule has 1 aliphatic heterocycles. The number of hydrogen-bond donors (Lipinski definition) is 1. The van der Waals surface area contributed by atoms with Gasteiger partial charge in [0.05, 0.1) is 24.0 Å². The Morgan fingerprint density at radius 1 is 1.22 bits per heavy atom. The monoisotopic (exact) mass is 543 g/mol. The highest BCUT2D eigenvalue weighted by Crippen LogP contribution is 2.34. The number of hydrogen-bond acceptors (Lipinski definition) is 8. The number of amides is 1. The van der Waals surface area contributed by atoms with E-state index in [2.05, 4.69) is 4.90 Å². The molecule has 1 fully saturated rings. The maximum absolute atomic E-state index is 13.4. The molecule has 194 valence electrons. The Balaban J connectivity index is 1.46. The first-order valence-electron chi connectivity index (χ1n) is 12.0. The predicted molar refractivity (Wildman–Crippen MR) is 143 cm³/mol. The fourth-order valence-corrected chi connectivity index (χ4v) is 5.54. The number of aromatic nitrogens is 4. The van der Waals surface area contributed by atoms with Crippen molar-refractivity contribution in [2.75, 3.05) is 49.0 Å². The van der Waals surface area contributed by atoms with Crippen LogP contribution in [-0.2, 0) is 11.2 Å².